The van der Waals surface area contributed by atoms with Crippen molar-refractivity contribution in [3.8, 4) is 16.9 Å². The molecule has 0 atom stereocenters. The average Bonchev–Trinajstić information content (AvgIpc) is 2.77. The first-order valence-corrected chi connectivity index (χ1v) is 13.6. The zero-order valence-electron chi connectivity index (χ0n) is 17.8. The first kappa shape index (κ1) is 22.9. The van der Waals surface area contributed by atoms with Crippen molar-refractivity contribution in [2.45, 2.75) is 16.4 Å². The van der Waals surface area contributed by atoms with E-state index in [0.717, 1.165) is 12.5 Å². The van der Waals surface area contributed by atoms with Crippen molar-refractivity contribution < 1.29 is 26.0 Å². The van der Waals surface area contributed by atoms with Crippen LogP contribution in [-0.2, 0) is 26.3 Å². The third-order valence-electron chi connectivity index (χ3n) is 5.09. The first-order chi connectivity index (χ1) is 15.5. The van der Waals surface area contributed by atoms with Crippen LogP contribution < -0.4 is 4.74 Å². The van der Waals surface area contributed by atoms with Gasteiger partial charge >= 0.3 is 0 Å². The highest BCUT2D eigenvalue weighted by Gasteiger charge is 2.17. The molecule has 1 aromatic heterocycles. The molecule has 0 saturated carbocycles. The van der Waals surface area contributed by atoms with Crippen LogP contribution in [0.15, 0.2) is 82.7 Å². The summed E-state index contributed by atoms with van der Waals surface area (Å²) >= 11 is 0. The van der Waals surface area contributed by atoms with E-state index in [-0.39, 0.29) is 27.5 Å². The van der Waals surface area contributed by atoms with E-state index in [1.807, 2.05) is 0 Å². The van der Waals surface area contributed by atoms with Gasteiger partial charge in [0.2, 0.25) is 0 Å². The average molecular weight is 486 g/mol. The Morgan fingerprint density at radius 3 is 2.33 bits per heavy atom. The van der Waals surface area contributed by atoms with Crippen LogP contribution in [0.5, 0.6) is 5.75 Å². The fraction of sp³-hybridized carbons (Fsp3) is 0.125. The smallest absolute Gasteiger partial charge is 0.177 e. The van der Waals surface area contributed by atoms with Crippen molar-refractivity contribution in [2.75, 3.05) is 12.5 Å². The number of halogens is 1. The van der Waals surface area contributed by atoms with Gasteiger partial charge in [-0.25, -0.2) is 21.2 Å². The van der Waals surface area contributed by atoms with Crippen molar-refractivity contribution in [1.82, 2.24) is 4.98 Å². The molecule has 0 unspecified atom stereocenters. The lowest BCUT2D eigenvalue weighted by Gasteiger charge is -2.12. The molecule has 0 amide bonds. The minimum atomic E-state index is -3.52. The molecule has 0 aliphatic heterocycles. The number of para-hydroxylation sites is 1. The second kappa shape index (κ2) is 8.57. The van der Waals surface area contributed by atoms with Crippen LogP contribution in [0, 0.1) is 5.82 Å². The van der Waals surface area contributed by atoms with E-state index in [1.165, 1.54) is 42.6 Å². The molecule has 4 rings (SSSR count). The van der Waals surface area contributed by atoms with Gasteiger partial charge in [0, 0.05) is 29.7 Å². The summed E-state index contributed by atoms with van der Waals surface area (Å²) in [4.78, 5) is 4.47. The number of hydrogen-bond donors (Lipinski definition) is 0. The molecular weight excluding hydrogens is 465 g/mol. The predicted molar refractivity (Wildman–Crippen MR) is 124 cm³/mol. The Kier molecular flexibility index (Phi) is 5.94. The van der Waals surface area contributed by atoms with Gasteiger partial charge in [0.15, 0.2) is 19.7 Å². The van der Waals surface area contributed by atoms with Crippen molar-refractivity contribution in [3.63, 3.8) is 0 Å². The molecule has 3 aromatic carbocycles. The molecular formula is C24H20FNO5S2. The van der Waals surface area contributed by atoms with Crippen molar-refractivity contribution in [2.24, 2.45) is 0 Å². The van der Waals surface area contributed by atoms with Crippen LogP contribution >= 0.6 is 0 Å². The highest BCUT2D eigenvalue weighted by molar-refractivity contribution is 7.91. The number of aromatic nitrogens is 1. The summed E-state index contributed by atoms with van der Waals surface area (Å²) in [5, 5.41) is 0.498. The van der Waals surface area contributed by atoms with Crippen LogP contribution in [0.2, 0.25) is 0 Å². The van der Waals surface area contributed by atoms with Gasteiger partial charge in [0.1, 0.15) is 18.2 Å². The molecule has 1 heterocycles. The highest BCUT2D eigenvalue weighted by Crippen LogP contribution is 2.34. The molecule has 0 N–H and O–H groups in total. The van der Waals surface area contributed by atoms with Gasteiger partial charge in [-0.1, -0.05) is 24.3 Å². The molecule has 6 nitrogen and oxygen atoms in total. The van der Waals surface area contributed by atoms with Gasteiger partial charge in [-0.2, -0.15) is 0 Å². The van der Waals surface area contributed by atoms with Crippen molar-refractivity contribution in [1.29, 1.82) is 0 Å². The molecule has 0 bridgehead atoms. The minimum Gasteiger partial charge on any atom is -0.489 e. The van der Waals surface area contributed by atoms with Crippen LogP contribution in [0.4, 0.5) is 4.39 Å². The first-order valence-electron chi connectivity index (χ1n) is 9.83. The van der Waals surface area contributed by atoms with Gasteiger partial charge in [0.25, 0.3) is 0 Å². The van der Waals surface area contributed by atoms with Gasteiger partial charge in [0.05, 0.1) is 15.3 Å². The van der Waals surface area contributed by atoms with E-state index in [9.17, 15) is 21.2 Å². The number of fused-ring (bicyclic) bond motifs is 1. The zero-order valence-corrected chi connectivity index (χ0v) is 19.5. The number of ether oxygens (including phenoxy) is 1. The SMILES string of the molecule is CS(=O)(=O)c1cccc(COc2ccc(F)c(-c3ccnc4c(S(C)(=O)=O)cccc34)c2)c1. The molecule has 170 valence electrons. The van der Waals surface area contributed by atoms with Crippen LogP contribution in [-0.4, -0.2) is 34.3 Å². The van der Waals surface area contributed by atoms with Crippen LogP contribution in [0.3, 0.4) is 0 Å². The number of nitrogens with zero attached hydrogens (tertiary/aromatic N) is 1. The summed E-state index contributed by atoms with van der Waals surface area (Å²) in [7, 11) is -6.87. The van der Waals surface area contributed by atoms with Crippen molar-refractivity contribution in [3.05, 3.63) is 84.3 Å². The topological polar surface area (TPSA) is 90.4 Å². The van der Waals surface area contributed by atoms with Gasteiger partial charge in [-0.3, -0.25) is 4.98 Å². The quantitative estimate of drug-likeness (QED) is 0.401. The van der Waals surface area contributed by atoms with E-state index in [1.54, 1.807) is 30.3 Å². The van der Waals surface area contributed by atoms with Crippen molar-refractivity contribution >= 4 is 30.6 Å². The molecule has 33 heavy (non-hydrogen) atoms. The maximum atomic E-state index is 14.8. The molecule has 0 saturated heterocycles. The third-order valence-corrected chi connectivity index (χ3v) is 7.33. The number of sulfone groups is 2. The molecule has 0 radical (unpaired) electrons. The van der Waals surface area contributed by atoms with E-state index in [4.69, 9.17) is 4.74 Å². The minimum absolute atomic E-state index is 0.0698. The fourth-order valence-electron chi connectivity index (χ4n) is 3.52. The number of pyridine rings is 1. The second-order valence-corrected chi connectivity index (χ2v) is 11.6. The van der Waals surface area contributed by atoms with E-state index >= 15 is 0 Å². The molecule has 0 aliphatic carbocycles. The Balaban J connectivity index is 1.71. The summed E-state index contributed by atoms with van der Waals surface area (Å²) in [6.07, 6.45) is 3.67. The second-order valence-electron chi connectivity index (χ2n) is 7.63. The molecule has 0 aliphatic rings. The van der Waals surface area contributed by atoms with Crippen LogP contribution in [0.25, 0.3) is 22.0 Å². The summed E-state index contributed by atoms with van der Waals surface area (Å²) in [5.41, 5.74) is 1.62. The Morgan fingerprint density at radius 1 is 0.848 bits per heavy atom. The van der Waals surface area contributed by atoms with Gasteiger partial charge in [-0.15, -0.1) is 0 Å². The third kappa shape index (κ3) is 4.89. The summed E-state index contributed by atoms with van der Waals surface area (Å²) in [5.74, 6) is -0.126. The summed E-state index contributed by atoms with van der Waals surface area (Å²) in [6, 6.07) is 17.0. The lowest BCUT2D eigenvalue weighted by Crippen LogP contribution is -2.01. The number of benzene rings is 3. The van der Waals surface area contributed by atoms with Gasteiger partial charge < -0.3 is 4.74 Å². The monoisotopic (exact) mass is 485 g/mol. The predicted octanol–water partition coefficient (Wildman–Crippen LogP) is 4.43. The van der Waals surface area contributed by atoms with E-state index in [0.29, 0.717) is 22.3 Å². The largest absolute Gasteiger partial charge is 0.489 e. The van der Waals surface area contributed by atoms with E-state index in [2.05, 4.69) is 4.98 Å². The Labute approximate surface area is 191 Å². The van der Waals surface area contributed by atoms with Gasteiger partial charge in [-0.05, 0) is 53.6 Å². The lowest BCUT2D eigenvalue weighted by molar-refractivity contribution is 0.305. The maximum absolute atomic E-state index is 14.8. The highest BCUT2D eigenvalue weighted by atomic mass is 32.2. The summed E-state index contributed by atoms with van der Waals surface area (Å²) in [6.45, 7) is 0.0871. The Bertz CT molecular complexity index is 1580. The Hall–Kier alpha value is -3.30. The normalized spacial score (nSPS) is 12.1. The lowest BCUT2D eigenvalue weighted by atomic mass is 10.0. The van der Waals surface area contributed by atoms with Crippen LogP contribution in [0.1, 0.15) is 5.56 Å². The van der Waals surface area contributed by atoms with E-state index < -0.39 is 25.5 Å². The molecule has 0 spiro atoms. The Morgan fingerprint density at radius 2 is 1.61 bits per heavy atom. The molecule has 0 fully saturated rings. The number of rotatable bonds is 6. The summed E-state index contributed by atoms with van der Waals surface area (Å²) < 4.78 is 68.4. The molecule has 4 aromatic rings. The maximum Gasteiger partial charge on any atom is 0.177 e. The number of hydrogen-bond acceptors (Lipinski definition) is 6. The standard InChI is InChI=1S/C24H20FNO5S2/c1-32(27,28)18-6-3-5-16(13-18)15-31-17-9-10-22(25)21(14-17)19-11-12-26-24-20(19)7-4-8-23(24)33(2,29)30/h3-14H,15H2,1-2H3. The zero-order chi connectivity index (χ0) is 23.8. The fourth-order valence-corrected chi connectivity index (χ4v) is 5.05. The molecule has 9 heteroatoms.